The van der Waals surface area contributed by atoms with Gasteiger partial charge in [0.15, 0.2) is 0 Å². The first-order valence-electron chi connectivity index (χ1n) is 8.13. The Balaban J connectivity index is 2.10. The van der Waals surface area contributed by atoms with E-state index in [-0.39, 0.29) is 12.6 Å². The number of benzene rings is 1. The van der Waals surface area contributed by atoms with Gasteiger partial charge in [-0.3, -0.25) is 0 Å². The fourth-order valence-electron chi connectivity index (χ4n) is 2.97. The van der Waals surface area contributed by atoms with Crippen molar-refractivity contribution in [2.75, 3.05) is 24.6 Å². The first-order valence-corrected chi connectivity index (χ1v) is 8.50. The van der Waals surface area contributed by atoms with Crippen molar-refractivity contribution < 1.29 is 5.11 Å². The van der Waals surface area contributed by atoms with Gasteiger partial charge in [-0.05, 0) is 43.5 Å². The molecule has 21 heavy (non-hydrogen) atoms. The Hall–Kier alpha value is -0.770. The van der Waals surface area contributed by atoms with Crippen LogP contribution in [0.4, 0.5) is 5.69 Å². The summed E-state index contributed by atoms with van der Waals surface area (Å²) in [5, 5.41) is 13.8. The van der Waals surface area contributed by atoms with Crippen molar-refractivity contribution in [2.45, 2.75) is 51.6 Å². The van der Waals surface area contributed by atoms with Gasteiger partial charge in [-0.15, -0.1) is 0 Å². The average Bonchev–Trinajstić information content (AvgIpc) is 2.74. The lowest BCUT2D eigenvalue weighted by Crippen LogP contribution is -2.37. The molecule has 2 N–H and O–H groups in total. The maximum absolute atomic E-state index is 9.63. The third-order valence-electron chi connectivity index (χ3n) is 4.20. The molecular formula is C17H27ClN2O. The van der Waals surface area contributed by atoms with E-state index in [1.54, 1.807) is 0 Å². The monoisotopic (exact) mass is 310 g/mol. The Bertz CT molecular complexity index is 439. The van der Waals surface area contributed by atoms with E-state index in [1.165, 1.54) is 19.3 Å². The summed E-state index contributed by atoms with van der Waals surface area (Å²) in [6, 6.07) is 6.54. The van der Waals surface area contributed by atoms with E-state index >= 15 is 0 Å². The molecule has 4 heteroatoms. The molecule has 1 saturated heterocycles. The van der Waals surface area contributed by atoms with Gasteiger partial charge in [0.25, 0.3) is 0 Å². The summed E-state index contributed by atoms with van der Waals surface area (Å²) >= 11 is 6.43. The number of anilines is 1. The number of aliphatic hydroxyl groups is 1. The molecule has 0 amide bonds. The topological polar surface area (TPSA) is 35.5 Å². The van der Waals surface area contributed by atoms with Crippen molar-refractivity contribution in [3.63, 3.8) is 0 Å². The molecule has 1 aromatic carbocycles. The smallest absolute Gasteiger partial charge is 0.0635 e. The highest BCUT2D eigenvalue weighted by atomic mass is 35.5. The summed E-state index contributed by atoms with van der Waals surface area (Å²) < 4.78 is 0. The molecule has 0 saturated carbocycles. The molecule has 0 aliphatic carbocycles. The van der Waals surface area contributed by atoms with Crippen molar-refractivity contribution >= 4 is 17.3 Å². The summed E-state index contributed by atoms with van der Waals surface area (Å²) in [6.07, 6.45) is 5.83. The van der Waals surface area contributed by atoms with Gasteiger partial charge in [0.05, 0.1) is 12.6 Å². The van der Waals surface area contributed by atoms with Crippen LogP contribution in [0.25, 0.3) is 0 Å². The van der Waals surface area contributed by atoms with E-state index in [0.717, 1.165) is 48.7 Å². The van der Waals surface area contributed by atoms with Crippen molar-refractivity contribution in [1.29, 1.82) is 0 Å². The summed E-state index contributed by atoms with van der Waals surface area (Å²) in [7, 11) is 0. The Kier molecular flexibility index (Phi) is 6.81. The van der Waals surface area contributed by atoms with Gasteiger partial charge in [-0.2, -0.15) is 0 Å². The van der Waals surface area contributed by atoms with E-state index in [0.29, 0.717) is 0 Å². The number of hydrogen-bond acceptors (Lipinski definition) is 3. The Morgan fingerprint density at radius 2 is 2.19 bits per heavy atom. The van der Waals surface area contributed by atoms with Crippen molar-refractivity contribution in [2.24, 2.45) is 0 Å². The molecule has 1 atom stereocenters. The average molecular weight is 311 g/mol. The standard InChI is InChI=1S/C17H27ClN2O/c1-2-9-19-12-14-7-8-15(11-17(14)18)20-10-5-3-4-6-16(20)13-21/h7-8,11,16,19,21H,2-6,9-10,12-13H2,1H3. The van der Waals surface area contributed by atoms with Crippen LogP contribution in [0.15, 0.2) is 18.2 Å². The first-order chi connectivity index (χ1) is 10.3. The summed E-state index contributed by atoms with van der Waals surface area (Å²) in [5.41, 5.74) is 2.28. The number of nitrogens with zero attached hydrogens (tertiary/aromatic N) is 1. The zero-order chi connectivity index (χ0) is 15.1. The quantitative estimate of drug-likeness (QED) is 0.788. The van der Waals surface area contributed by atoms with Crippen LogP contribution in [0, 0.1) is 0 Å². The van der Waals surface area contributed by atoms with Gasteiger partial charge < -0.3 is 15.3 Å². The second kappa shape index (κ2) is 8.62. The van der Waals surface area contributed by atoms with E-state index in [9.17, 15) is 5.11 Å². The Labute approximate surface area is 133 Å². The van der Waals surface area contributed by atoms with E-state index in [2.05, 4.69) is 35.3 Å². The van der Waals surface area contributed by atoms with Gasteiger partial charge in [-0.25, -0.2) is 0 Å². The van der Waals surface area contributed by atoms with Crippen LogP contribution >= 0.6 is 11.6 Å². The predicted molar refractivity (Wildman–Crippen MR) is 90.1 cm³/mol. The van der Waals surface area contributed by atoms with Crippen LogP contribution in [0.1, 0.15) is 44.6 Å². The summed E-state index contributed by atoms with van der Waals surface area (Å²) in [6.45, 7) is 5.21. The minimum atomic E-state index is 0.220. The summed E-state index contributed by atoms with van der Waals surface area (Å²) in [5.74, 6) is 0. The minimum absolute atomic E-state index is 0.220. The van der Waals surface area contributed by atoms with Gasteiger partial charge in [0.1, 0.15) is 0 Å². The minimum Gasteiger partial charge on any atom is -0.394 e. The largest absolute Gasteiger partial charge is 0.394 e. The zero-order valence-electron chi connectivity index (χ0n) is 12.9. The number of aliphatic hydroxyl groups excluding tert-OH is 1. The third-order valence-corrected chi connectivity index (χ3v) is 4.55. The molecule has 118 valence electrons. The Morgan fingerprint density at radius 3 is 2.90 bits per heavy atom. The van der Waals surface area contributed by atoms with Crippen LogP contribution < -0.4 is 10.2 Å². The maximum Gasteiger partial charge on any atom is 0.0635 e. The molecule has 1 heterocycles. The van der Waals surface area contributed by atoms with Gasteiger partial charge >= 0.3 is 0 Å². The van der Waals surface area contributed by atoms with Crippen LogP contribution in [-0.2, 0) is 6.54 Å². The third kappa shape index (κ3) is 4.60. The highest BCUT2D eigenvalue weighted by molar-refractivity contribution is 6.31. The van der Waals surface area contributed by atoms with Gasteiger partial charge in [-0.1, -0.05) is 37.4 Å². The molecule has 1 aliphatic heterocycles. The van der Waals surface area contributed by atoms with Gasteiger partial charge in [0.2, 0.25) is 0 Å². The van der Waals surface area contributed by atoms with Gasteiger partial charge in [0, 0.05) is 23.8 Å². The molecular weight excluding hydrogens is 284 g/mol. The molecule has 2 rings (SSSR count). The van der Waals surface area contributed by atoms with Crippen LogP contribution in [0.3, 0.4) is 0 Å². The summed E-state index contributed by atoms with van der Waals surface area (Å²) in [4.78, 5) is 2.32. The van der Waals surface area contributed by atoms with Crippen LogP contribution in [-0.4, -0.2) is 30.8 Å². The highest BCUT2D eigenvalue weighted by Crippen LogP contribution is 2.28. The van der Waals surface area contributed by atoms with Crippen molar-refractivity contribution in [3.05, 3.63) is 28.8 Å². The Morgan fingerprint density at radius 1 is 1.33 bits per heavy atom. The number of rotatable bonds is 6. The predicted octanol–water partition coefficient (Wildman–Crippen LogP) is 3.58. The molecule has 1 unspecified atom stereocenters. The van der Waals surface area contributed by atoms with E-state index in [1.807, 2.05) is 0 Å². The molecule has 3 nitrogen and oxygen atoms in total. The number of nitrogens with one attached hydrogen (secondary N) is 1. The molecule has 1 aliphatic rings. The fraction of sp³-hybridized carbons (Fsp3) is 0.647. The number of halogens is 1. The maximum atomic E-state index is 9.63. The first kappa shape index (κ1) is 16.6. The zero-order valence-corrected chi connectivity index (χ0v) is 13.7. The molecule has 0 spiro atoms. The molecule has 1 fully saturated rings. The normalized spacial score (nSPS) is 19.6. The van der Waals surface area contributed by atoms with Crippen LogP contribution in [0.5, 0.6) is 0 Å². The SMILES string of the molecule is CCCNCc1ccc(N2CCCCCC2CO)cc1Cl. The lowest BCUT2D eigenvalue weighted by Gasteiger charge is -2.31. The highest BCUT2D eigenvalue weighted by Gasteiger charge is 2.21. The fourth-order valence-corrected chi connectivity index (χ4v) is 3.21. The lowest BCUT2D eigenvalue weighted by molar-refractivity contribution is 0.255. The second-order valence-electron chi connectivity index (χ2n) is 5.83. The van der Waals surface area contributed by atoms with Crippen molar-refractivity contribution in [1.82, 2.24) is 5.32 Å². The second-order valence-corrected chi connectivity index (χ2v) is 6.24. The lowest BCUT2D eigenvalue weighted by atomic mass is 10.1. The van der Waals surface area contributed by atoms with Crippen LogP contribution in [0.2, 0.25) is 5.02 Å². The molecule has 1 aromatic rings. The molecule has 0 aromatic heterocycles. The number of hydrogen-bond donors (Lipinski definition) is 2. The molecule has 0 bridgehead atoms. The molecule has 0 radical (unpaired) electrons. The van der Waals surface area contributed by atoms with E-state index < -0.39 is 0 Å². The van der Waals surface area contributed by atoms with Crippen molar-refractivity contribution in [3.8, 4) is 0 Å². The van der Waals surface area contributed by atoms with E-state index in [4.69, 9.17) is 11.6 Å².